The SMILES string of the molecule is COc1ccc(C(C)(C)CNC(=O)C2CC23CCNCC3)cc1OC. The Bertz CT molecular complexity index is 636. The van der Waals surface area contributed by atoms with Crippen molar-refractivity contribution in [1.29, 1.82) is 0 Å². The summed E-state index contributed by atoms with van der Waals surface area (Å²) in [5.74, 6) is 1.86. The van der Waals surface area contributed by atoms with Gasteiger partial charge >= 0.3 is 0 Å². The average molecular weight is 346 g/mol. The van der Waals surface area contributed by atoms with Crippen LogP contribution in [0.2, 0.25) is 0 Å². The number of piperidine rings is 1. The number of rotatable bonds is 6. The van der Waals surface area contributed by atoms with E-state index >= 15 is 0 Å². The third-order valence-corrected chi connectivity index (χ3v) is 5.98. The lowest BCUT2D eigenvalue weighted by atomic mass is 9.84. The summed E-state index contributed by atoms with van der Waals surface area (Å²) in [4.78, 5) is 12.6. The lowest BCUT2D eigenvalue weighted by molar-refractivity contribution is -0.123. The van der Waals surface area contributed by atoms with Crippen LogP contribution in [0.3, 0.4) is 0 Å². The molecule has 1 atom stereocenters. The molecule has 1 aliphatic heterocycles. The van der Waals surface area contributed by atoms with E-state index in [0.717, 1.165) is 49.4 Å². The maximum Gasteiger partial charge on any atom is 0.223 e. The van der Waals surface area contributed by atoms with Gasteiger partial charge in [-0.05, 0) is 55.5 Å². The second kappa shape index (κ2) is 6.87. The maximum atomic E-state index is 12.6. The van der Waals surface area contributed by atoms with Crippen molar-refractivity contribution in [3.05, 3.63) is 23.8 Å². The first-order valence-electron chi connectivity index (χ1n) is 9.13. The number of hydrogen-bond acceptors (Lipinski definition) is 4. The highest BCUT2D eigenvalue weighted by Gasteiger charge is 2.57. The molecule has 1 aromatic carbocycles. The fraction of sp³-hybridized carbons (Fsp3) is 0.650. The minimum absolute atomic E-state index is 0.175. The van der Waals surface area contributed by atoms with E-state index < -0.39 is 0 Å². The first kappa shape index (κ1) is 18.1. The van der Waals surface area contributed by atoms with Crippen LogP contribution in [0.15, 0.2) is 18.2 Å². The van der Waals surface area contributed by atoms with Gasteiger partial charge in [0.2, 0.25) is 5.91 Å². The Morgan fingerprint density at radius 2 is 1.92 bits per heavy atom. The van der Waals surface area contributed by atoms with Gasteiger partial charge < -0.3 is 20.1 Å². The number of benzene rings is 1. The van der Waals surface area contributed by atoms with Crippen LogP contribution in [0.4, 0.5) is 0 Å². The number of ether oxygens (including phenoxy) is 2. The van der Waals surface area contributed by atoms with Gasteiger partial charge in [-0.25, -0.2) is 0 Å². The Morgan fingerprint density at radius 1 is 1.24 bits per heavy atom. The summed E-state index contributed by atoms with van der Waals surface area (Å²) in [6, 6.07) is 5.96. The quantitative estimate of drug-likeness (QED) is 0.831. The fourth-order valence-electron chi connectivity index (χ4n) is 3.99. The van der Waals surface area contributed by atoms with Crippen molar-refractivity contribution in [2.24, 2.45) is 11.3 Å². The van der Waals surface area contributed by atoms with E-state index in [9.17, 15) is 4.79 Å². The zero-order valence-corrected chi connectivity index (χ0v) is 15.8. The molecule has 25 heavy (non-hydrogen) atoms. The van der Waals surface area contributed by atoms with Crippen LogP contribution in [0.25, 0.3) is 0 Å². The standard InChI is InChI=1S/C20H30N2O3/c1-19(2,14-5-6-16(24-3)17(11-14)25-4)13-22-18(23)15-12-20(15)7-9-21-10-8-20/h5-6,11,15,21H,7-10,12-13H2,1-4H3,(H,22,23). The number of hydrogen-bond donors (Lipinski definition) is 2. The number of methoxy groups -OCH3 is 2. The molecule has 5 heteroatoms. The molecule has 5 nitrogen and oxygen atoms in total. The minimum Gasteiger partial charge on any atom is -0.493 e. The van der Waals surface area contributed by atoms with Gasteiger partial charge in [-0.2, -0.15) is 0 Å². The van der Waals surface area contributed by atoms with E-state index in [4.69, 9.17) is 9.47 Å². The Labute approximate surface area is 150 Å². The van der Waals surface area contributed by atoms with Crippen LogP contribution < -0.4 is 20.1 Å². The van der Waals surface area contributed by atoms with Crippen molar-refractivity contribution in [3.8, 4) is 11.5 Å². The first-order valence-corrected chi connectivity index (χ1v) is 9.13. The van der Waals surface area contributed by atoms with Gasteiger partial charge in [0.05, 0.1) is 14.2 Å². The molecular formula is C20H30N2O3. The molecule has 1 amide bonds. The molecule has 138 valence electrons. The van der Waals surface area contributed by atoms with Gasteiger partial charge in [0.25, 0.3) is 0 Å². The molecule has 3 rings (SSSR count). The molecule has 1 saturated carbocycles. The molecule has 1 heterocycles. The van der Waals surface area contributed by atoms with Crippen molar-refractivity contribution in [3.63, 3.8) is 0 Å². The third kappa shape index (κ3) is 3.61. The molecular weight excluding hydrogens is 316 g/mol. The number of amides is 1. The molecule has 0 aromatic heterocycles. The van der Waals surface area contributed by atoms with Crippen LogP contribution in [0.5, 0.6) is 11.5 Å². The van der Waals surface area contributed by atoms with E-state index in [-0.39, 0.29) is 22.7 Å². The monoisotopic (exact) mass is 346 g/mol. The summed E-state index contributed by atoms with van der Waals surface area (Å²) in [6.07, 6.45) is 3.31. The minimum atomic E-state index is -0.175. The predicted molar refractivity (Wildman–Crippen MR) is 98.2 cm³/mol. The second-order valence-corrected chi connectivity index (χ2v) is 8.04. The number of nitrogens with one attached hydrogen (secondary N) is 2. The van der Waals surface area contributed by atoms with E-state index in [1.165, 1.54) is 0 Å². The molecule has 2 fully saturated rings. The van der Waals surface area contributed by atoms with Crippen LogP contribution in [0, 0.1) is 11.3 Å². The van der Waals surface area contributed by atoms with Crippen molar-refractivity contribution in [2.45, 2.75) is 38.5 Å². The highest BCUT2D eigenvalue weighted by molar-refractivity contribution is 5.82. The van der Waals surface area contributed by atoms with Crippen LogP contribution >= 0.6 is 0 Å². The maximum absolute atomic E-state index is 12.6. The van der Waals surface area contributed by atoms with E-state index in [2.05, 4.69) is 24.5 Å². The average Bonchev–Trinajstić information content (AvgIpc) is 3.32. The summed E-state index contributed by atoms with van der Waals surface area (Å²) < 4.78 is 10.7. The molecule has 1 saturated heterocycles. The molecule has 1 aromatic rings. The van der Waals surface area contributed by atoms with E-state index in [1.807, 2.05) is 18.2 Å². The second-order valence-electron chi connectivity index (χ2n) is 8.04. The normalized spacial score (nSPS) is 21.7. The van der Waals surface area contributed by atoms with Gasteiger partial charge in [-0.15, -0.1) is 0 Å². The fourth-order valence-corrected chi connectivity index (χ4v) is 3.99. The van der Waals surface area contributed by atoms with Gasteiger partial charge in [0.15, 0.2) is 11.5 Å². The molecule has 2 aliphatic rings. The van der Waals surface area contributed by atoms with Crippen molar-refractivity contribution >= 4 is 5.91 Å². The van der Waals surface area contributed by atoms with Crippen molar-refractivity contribution in [2.75, 3.05) is 33.9 Å². The van der Waals surface area contributed by atoms with Crippen LogP contribution in [-0.4, -0.2) is 39.8 Å². The lowest BCUT2D eigenvalue weighted by Crippen LogP contribution is -2.39. The molecule has 2 N–H and O–H groups in total. The number of carbonyl (C=O) groups excluding carboxylic acids is 1. The zero-order valence-electron chi connectivity index (χ0n) is 15.8. The highest BCUT2D eigenvalue weighted by atomic mass is 16.5. The smallest absolute Gasteiger partial charge is 0.223 e. The highest BCUT2D eigenvalue weighted by Crippen LogP contribution is 2.58. The zero-order chi connectivity index (χ0) is 18.1. The van der Waals surface area contributed by atoms with Crippen LogP contribution in [0.1, 0.15) is 38.7 Å². The molecule has 1 spiro atoms. The van der Waals surface area contributed by atoms with Gasteiger partial charge in [0.1, 0.15) is 0 Å². The van der Waals surface area contributed by atoms with Crippen molar-refractivity contribution in [1.82, 2.24) is 10.6 Å². The Kier molecular flexibility index (Phi) is 4.96. The molecule has 0 radical (unpaired) electrons. The topological polar surface area (TPSA) is 59.6 Å². The summed E-state index contributed by atoms with van der Waals surface area (Å²) in [5.41, 5.74) is 1.23. The summed E-state index contributed by atoms with van der Waals surface area (Å²) in [5, 5.41) is 6.57. The van der Waals surface area contributed by atoms with E-state index in [1.54, 1.807) is 14.2 Å². The van der Waals surface area contributed by atoms with Gasteiger partial charge in [-0.1, -0.05) is 19.9 Å². The summed E-state index contributed by atoms with van der Waals surface area (Å²) in [7, 11) is 3.27. The molecule has 0 bridgehead atoms. The molecule has 1 aliphatic carbocycles. The van der Waals surface area contributed by atoms with Gasteiger partial charge in [0, 0.05) is 17.9 Å². The van der Waals surface area contributed by atoms with Gasteiger partial charge in [-0.3, -0.25) is 4.79 Å². The van der Waals surface area contributed by atoms with Crippen molar-refractivity contribution < 1.29 is 14.3 Å². The number of carbonyl (C=O) groups is 1. The first-order chi connectivity index (χ1) is 11.9. The lowest BCUT2D eigenvalue weighted by Gasteiger charge is -2.27. The van der Waals surface area contributed by atoms with E-state index in [0.29, 0.717) is 6.54 Å². The summed E-state index contributed by atoms with van der Waals surface area (Å²) in [6.45, 7) is 6.98. The Hall–Kier alpha value is -1.75. The summed E-state index contributed by atoms with van der Waals surface area (Å²) >= 11 is 0. The van der Waals surface area contributed by atoms with Crippen LogP contribution in [-0.2, 0) is 10.2 Å². The molecule has 1 unspecified atom stereocenters. The Balaban J connectivity index is 1.61. The largest absolute Gasteiger partial charge is 0.493 e. The Morgan fingerprint density at radius 3 is 2.56 bits per heavy atom. The third-order valence-electron chi connectivity index (χ3n) is 5.98. The predicted octanol–water partition coefficient (Wildman–Crippen LogP) is 2.49.